The Bertz CT molecular complexity index is 138. The van der Waals surface area contributed by atoms with Crippen molar-refractivity contribution in [2.24, 2.45) is 0 Å². The van der Waals surface area contributed by atoms with E-state index < -0.39 is 37.6 Å². The molecule has 0 fully saturated rings. The maximum atomic E-state index is 8.62. The first-order valence-electron chi connectivity index (χ1n) is 1.10. The molecular formula is H2Mg2O6Pb2Ta2. The van der Waals surface area contributed by atoms with Gasteiger partial charge in [0.25, 0.3) is 0 Å². The van der Waals surface area contributed by atoms with E-state index in [1.54, 1.807) is 0 Å². The molecule has 0 N–H and O–H groups in total. The molecule has 0 aliphatic carbocycles. The molecule has 0 aromatic heterocycles. The van der Waals surface area contributed by atoms with Crippen LogP contribution in [0.15, 0.2) is 0 Å². The Morgan fingerprint density at radius 1 is 0.750 bits per heavy atom. The van der Waals surface area contributed by atoms with Gasteiger partial charge in [-0.25, -0.2) is 0 Å². The number of hydrogen-bond acceptors (Lipinski definition) is 6. The molecule has 6 nitrogen and oxygen atoms in total. The van der Waals surface area contributed by atoms with Crippen LogP contribution in [0.5, 0.6) is 0 Å². The van der Waals surface area contributed by atoms with Crippen LogP contribution in [0.3, 0.4) is 0 Å². The van der Waals surface area contributed by atoms with Gasteiger partial charge in [-0.3, -0.25) is 0 Å². The summed E-state index contributed by atoms with van der Waals surface area (Å²) < 4.78 is 51.7. The number of hydrogen-bond donors (Lipinski definition) is 0. The van der Waals surface area contributed by atoms with Crippen LogP contribution in [0.1, 0.15) is 0 Å². The minimum atomic E-state index is -4.34. The summed E-state index contributed by atoms with van der Waals surface area (Å²) >= 11 is -8.69. The summed E-state index contributed by atoms with van der Waals surface area (Å²) in [5.41, 5.74) is 0. The summed E-state index contributed by atoms with van der Waals surface area (Å²) in [6.07, 6.45) is 0. The zero-order valence-corrected chi connectivity index (χ0v) is 20.7. The molecule has 8 radical (unpaired) electrons. The average Bonchev–Trinajstić information content (AvgIpc) is 1.25. The van der Waals surface area contributed by atoms with E-state index in [1.165, 1.54) is 0 Å². The van der Waals surface area contributed by atoms with Crippen LogP contribution in [0.25, 0.3) is 0 Å². The summed E-state index contributed by atoms with van der Waals surface area (Å²) in [5, 5.41) is 0. The molecule has 0 spiro atoms. The van der Waals surface area contributed by atoms with Gasteiger partial charge in [-0.2, -0.15) is 0 Å². The van der Waals surface area contributed by atoms with E-state index in [0.717, 1.165) is 0 Å². The summed E-state index contributed by atoms with van der Waals surface area (Å²) in [6.45, 7) is 0. The Labute approximate surface area is 155 Å². The molecule has 0 unspecified atom stereocenters. The van der Waals surface area contributed by atoms with Crippen molar-refractivity contribution in [1.29, 1.82) is 0 Å². The molecule has 0 amide bonds. The van der Waals surface area contributed by atoms with Crippen molar-refractivity contribution in [2.75, 3.05) is 0 Å². The quantitative estimate of drug-likeness (QED) is 0.226. The molecule has 0 saturated heterocycles. The van der Waals surface area contributed by atoms with Crippen LogP contribution >= 0.6 is 0 Å². The average molecular weight is 923 g/mol. The van der Waals surface area contributed by atoms with Crippen LogP contribution < -0.4 is 7.23 Å². The van der Waals surface area contributed by atoms with Crippen molar-refractivity contribution in [1.82, 2.24) is 0 Å². The normalized spacial score (nSPS) is 4.17. The standard InChI is InChI=1S/2Mg.6O.2Pb.2Ta.2H/q;+2;;;;;2*-1;;;;;;. The molecule has 12 heavy (non-hydrogen) atoms. The van der Waals surface area contributed by atoms with Gasteiger partial charge in [0.05, 0.1) is 0 Å². The molecule has 60 valence electrons. The van der Waals surface area contributed by atoms with Crippen LogP contribution in [-0.4, -0.2) is 101 Å². The van der Waals surface area contributed by atoms with E-state index in [4.69, 9.17) is 20.2 Å². The van der Waals surface area contributed by atoms with Crippen molar-refractivity contribution < 1.29 is 57.8 Å². The molecule has 0 aliphatic heterocycles. The summed E-state index contributed by atoms with van der Waals surface area (Å²) in [7, 11) is 0. The second-order valence-corrected chi connectivity index (χ2v) is 3.66. The van der Waals surface area contributed by atoms with Gasteiger partial charge < -0.3 is 0 Å². The van der Waals surface area contributed by atoms with Gasteiger partial charge >= 0.3 is 104 Å². The molecule has 0 aromatic carbocycles. The summed E-state index contributed by atoms with van der Waals surface area (Å²) in [6, 6.07) is 0. The van der Waals surface area contributed by atoms with Crippen LogP contribution in [0.4, 0.5) is 0 Å². The minimum absolute atomic E-state index is 0. The molecule has 0 bridgehead atoms. The van der Waals surface area contributed by atoms with Gasteiger partial charge in [-0.1, -0.05) is 0 Å². The Balaban J connectivity index is -0.0000000112. The van der Waals surface area contributed by atoms with Crippen molar-refractivity contribution in [3.63, 3.8) is 0 Å². The van der Waals surface area contributed by atoms with E-state index in [-0.39, 0.29) is 101 Å². The van der Waals surface area contributed by atoms with Gasteiger partial charge in [-0.15, -0.1) is 0 Å². The maximum absolute atomic E-state index is 8.62. The smallest absolute Gasteiger partial charge is 0 e. The van der Waals surface area contributed by atoms with E-state index >= 15 is 0 Å². The zero-order valence-electron chi connectivity index (χ0n) is 5.05. The molecular weight excluding hydrogens is 921 g/mol. The number of rotatable bonds is 0. The molecule has 0 aliphatic rings. The van der Waals surface area contributed by atoms with Gasteiger partial charge in [0.1, 0.15) is 0 Å². The van der Waals surface area contributed by atoms with Crippen molar-refractivity contribution in [2.45, 2.75) is 0 Å². The summed E-state index contributed by atoms with van der Waals surface area (Å²) in [5.74, 6) is 0. The van der Waals surface area contributed by atoms with Crippen molar-refractivity contribution in [3.8, 4) is 0 Å². The largest absolute Gasteiger partial charge is 0 e. The first-order valence-corrected chi connectivity index (χ1v) is 8.97. The topological polar surface area (TPSA) is 114 Å². The van der Waals surface area contributed by atoms with E-state index in [9.17, 15) is 0 Å². The zero-order chi connectivity index (χ0) is 7.15. The third kappa shape index (κ3) is 149. The fraction of sp³-hybridized carbons (Fsp3) is 0. The SMILES string of the molecule is [Mg+2].[MgH2].[O]=[Ta](=[O])[O-].[O]=[Ta](=[O])[O-].[Pb].[Pb]. The fourth-order valence-electron chi connectivity index (χ4n) is 0. The van der Waals surface area contributed by atoms with Crippen LogP contribution in [0, 0.1) is 0 Å². The third-order valence-electron chi connectivity index (χ3n) is 0. The monoisotopic (exact) mass is 924 g/mol. The van der Waals surface area contributed by atoms with E-state index in [0.29, 0.717) is 0 Å². The molecule has 0 rings (SSSR count). The Hall–Kier alpha value is 3.98. The van der Waals surface area contributed by atoms with Crippen LogP contribution in [-0.2, 0) is 50.6 Å². The van der Waals surface area contributed by atoms with Crippen LogP contribution in [0.2, 0.25) is 0 Å². The maximum Gasteiger partial charge on any atom is 0 e. The molecule has 0 atom stereocenters. The predicted molar refractivity (Wildman–Crippen MR) is 28.6 cm³/mol. The van der Waals surface area contributed by atoms with E-state index in [1.807, 2.05) is 0 Å². The Kier molecular flexibility index (Phi) is 88.2. The molecule has 0 saturated carbocycles. The van der Waals surface area contributed by atoms with Gasteiger partial charge in [0, 0.05) is 54.6 Å². The van der Waals surface area contributed by atoms with Gasteiger partial charge in [0.15, 0.2) is 0 Å². The molecule has 12 heteroatoms. The first-order chi connectivity index (χ1) is 3.46. The second kappa shape index (κ2) is 29.4. The third-order valence-corrected chi connectivity index (χ3v) is 0. The van der Waals surface area contributed by atoms with Gasteiger partial charge in [-0.05, 0) is 0 Å². The Morgan fingerprint density at radius 2 is 0.750 bits per heavy atom. The van der Waals surface area contributed by atoms with Crippen molar-refractivity contribution in [3.05, 3.63) is 0 Å². The van der Waals surface area contributed by atoms with E-state index in [2.05, 4.69) is 0 Å². The minimum Gasteiger partial charge on any atom is 0 e. The van der Waals surface area contributed by atoms with Crippen molar-refractivity contribution >= 4 is 101 Å². The predicted octanol–water partition coefficient (Wildman–Crippen LogP) is -4.92. The second-order valence-electron chi connectivity index (χ2n) is 0.447. The molecule has 0 aromatic rings. The van der Waals surface area contributed by atoms with Gasteiger partial charge in [0.2, 0.25) is 0 Å². The fourth-order valence-corrected chi connectivity index (χ4v) is 0. The summed E-state index contributed by atoms with van der Waals surface area (Å²) in [4.78, 5) is 0. The molecule has 0 heterocycles. The first kappa shape index (κ1) is 36.0. The Morgan fingerprint density at radius 3 is 0.750 bits per heavy atom.